The molecule has 140 valence electrons. The lowest BCUT2D eigenvalue weighted by Gasteiger charge is -2.09. The van der Waals surface area contributed by atoms with Gasteiger partial charge in [0, 0.05) is 18.4 Å². The molecule has 7 heteroatoms. The molecule has 2 N–H and O–H groups in total. The Bertz CT molecular complexity index is 908. The maximum absolute atomic E-state index is 12.4. The molecular formula is C20H22N4O3. The molecule has 0 radical (unpaired) electrons. The fraction of sp³-hybridized carbons (Fsp3) is 0.250. The zero-order chi connectivity index (χ0) is 19.1. The zero-order valence-corrected chi connectivity index (χ0v) is 15.4. The molecule has 1 aromatic heterocycles. The van der Waals surface area contributed by atoms with Crippen molar-refractivity contribution in [1.82, 2.24) is 15.2 Å². The number of aromatic nitrogens is 3. The minimum Gasteiger partial charge on any atom is -0.491 e. The molecule has 0 aliphatic heterocycles. The first-order valence-electron chi connectivity index (χ1n) is 8.64. The highest BCUT2D eigenvalue weighted by Crippen LogP contribution is 2.20. The summed E-state index contributed by atoms with van der Waals surface area (Å²) in [6.07, 6.45) is 0.255. The lowest BCUT2D eigenvalue weighted by atomic mass is 10.1. The number of nitrogens with one attached hydrogen (secondary N) is 2. The van der Waals surface area contributed by atoms with Gasteiger partial charge >= 0.3 is 0 Å². The number of rotatable bonds is 8. The number of nitrogens with zero attached hydrogens (tertiary/aromatic N) is 2. The molecule has 1 heterocycles. The Kier molecular flexibility index (Phi) is 6.17. The SMILES string of the molecule is COCCOc1cccc(CC(=O)Nc2cccc(-c3n[nH]c(C)n3)c2)c1. The summed E-state index contributed by atoms with van der Waals surface area (Å²) in [5.74, 6) is 1.96. The van der Waals surface area contributed by atoms with Gasteiger partial charge in [-0.25, -0.2) is 4.98 Å². The van der Waals surface area contributed by atoms with E-state index in [1.165, 1.54) is 0 Å². The molecule has 27 heavy (non-hydrogen) atoms. The summed E-state index contributed by atoms with van der Waals surface area (Å²) in [5.41, 5.74) is 2.42. The molecule has 3 aromatic rings. The van der Waals surface area contributed by atoms with Gasteiger partial charge in [0.1, 0.15) is 18.2 Å². The second-order valence-corrected chi connectivity index (χ2v) is 6.04. The van der Waals surface area contributed by atoms with Crippen LogP contribution in [0, 0.1) is 6.92 Å². The van der Waals surface area contributed by atoms with Crippen LogP contribution in [-0.4, -0.2) is 41.4 Å². The van der Waals surface area contributed by atoms with E-state index in [9.17, 15) is 4.79 Å². The lowest BCUT2D eigenvalue weighted by Crippen LogP contribution is -2.14. The third kappa shape index (κ3) is 5.39. The lowest BCUT2D eigenvalue weighted by molar-refractivity contribution is -0.115. The summed E-state index contributed by atoms with van der Waals surface area (Å²) >= 11 is 0. The van der Waals surface area contributed by atoms with Crippen LogP contribution in [0.2, 0.25) is 0 Å². The molecule has 0 saturated carbocycles. The highest BCUT2D eigenvalue weighted by atomic mass is 16.5. The average molecular weight is 366 g/mol. The number of hydrogen-bond acceptors (Lipinski definition) is 5. The highest BCUT2D eigenvalue weighted by Gasteiger charge is 2.08. The first-order chi connectivity index (χ1) is 13.1. The van der Waals surface area contributed by atoms with Crippen molar-refractivity contribution >= 4 is 11.6 Å². The molecule has 0 atom stereocenters. The largest absolute Gasteiger partial charge is 0.491 e. The van der Waals surface area contributed by atoms with Gasteiger partial charge in [-0.1, -0.05) is 24.3 Å². The van der Waals surface area contributed by atoms with Crippen molar-refractivity contribution in [3.63, 3.8) is 0 Å². The number of aromatic amines is 1. The molecule has 0 fully saturated rings. The van der Waals surface area contributed by atoms with Crippen molar-refractivity contribution in [1.29, 1.82) is 0 Å². The number of methoxy groups -OCH3 is 1. The smallest absolute Gasteiger partial charge is 0.228 e. The van der Waals surface area contributed by atoms with Gasteiger partial charge in [0.05, 0.1) is 13.0 Å². The zero-order valence-electron chi connectivity index (χ0n) is 15.4. The third-order valence-electron chi connectivity index (χ3n) is 3.82. The molecule has 7 nitrogen and oxygen atoms in total. The van der Waals surface area contributed by atoms with Gasteiger partial charge in [-0.05, 0) is 36.8 Å². The Morgan fingerprint density at radius 3 is 2.78 bits per heavy atom. The summed E-state index contributed by atoms with van der Waals surface area (Å²) in [5, 5.41) is 9.87. The average Bonchev–Trinajstić information content (AvgIpc) is 3.09. The van der Waals surface area contributed by atoms with Crippen LogP contribution in [-0.2, 0) is 16.0 Å². The Hall–Kier alpha value is -3.19. The van der Waals surface area contributed by atoms with E-state index in [-0.39, 0.29) is 12.3 Å². The number of H-pyrrole nitrogens is 1. The van der Waals surface area contributed by atoms with Crippen LogP contribution in [0.15, 0.2) is 48.5 Å². The molecule has 0 unspecified atom stereocenters. The molecule has 3 rings (SSSR count). The molecule has 1 amide bonds. The second kappa shape index (κ2) is 8.95. The number of anilines is 1. The van der Waals surface area contributed by atoms with E-state index in [0.29, 0.717) is 24.7 Å². The molecule has 0 saturated heterocycles. The normalized spacial score (nSPS) is 10.6. The van der Waals surface area contributed by atoms with Crippen molar-refractivity contribution in [2.75, 3.05) is 25.6 Å². The topological polar surface area (TPSA) is 89.1 Å². The van der Waals surface area contributed by atoms with Crippen molar-refractivity contribution < 1.29 is 14.3 Å². The molecular weight excluding hydrogens is 344 g/mol. The minimum absolute atomic E-state index is 0.104. The van der Waals surface area contributed by atoms with Gasteiger partial charge in [0.25, 0.3) is 0 Å². The number of carbonyl (C=O) groups excluding carboxylic acids is 1. The van der Waals surface area contributed by atoms with Crippen molar-refractivity contribution in [3.05, 3.63) is 59.9 Å². The van der Waals surface area contributed by atoms with E-state index in [1.54, 1.807) is 7.11 Å². The van der Waals surface area contributed by atoms with Crippen LogP contribution in [0.25, 0.3) is 11.4 Å². The second-order valence-electron chi connectivity index (χ2n) is 6.04. The van der Waals surface area contributed by atoms with Crippen molar-refractivity contribution in [2.24, 2.45) is 0 Å². The number of carbonyl (C=O) groups is 1. The number of benzene rings is 2. The van der Waals surface area contributed by atoms with Gasteiger partial charge in [-0.2, -0.15) is 5.10 Å². The maximum atomic E-state index is 12.4. The quantitative estimate of drug-likeness (QED) is 0.598. The summed E-state index contributed by atoms with van der Waals surface area (Å²) in [4.78, 5) is 16.7. The standard InChI is InChI=1S/C20H22N4O3/c1-14-21-20(24-23-14)16-6-4-7-17(13-16)22-19(25)12-15-5-3-8-18(11-15)27-10-9-26-2/h3-8,11,13H,9-10,12H2,1-2H3,(H,22,25)(H,21,23,24). The Balaban J connectivity index is 1.62. The predicted molar refractivity (Wildman–Crippen MR) is 103 cm³/mol. The molecule has 0 aliphatic rings. The van der Waals surface area contributed by atoms with Crippen LogP contribution in [0.4, 0.5) is 5.69 Å². The number of aryl methyl sites for hydroxylation is 1. The van der Waals surface area contributed by atoms with Crippen LogP contribution in [0.5, 0.6) is 5.75 Å². The summed E-state index contributed by atoms with van der Waals surface area (Å²) in [7, 11) is 1.63. The van der Waals surface area contributed by atoms with Crippen LogP contribution >= 0.6 is 0 Å². The van der Waals surface area contributed by atoms with E-state index in [0.717, 1.165) is 22.7 Å². The minimum atomic E-state index is -0.104. The molecule has 0 bridgehead atoms. The van der Waals surface area contributed by atoms with E-state index >= 15 is 0 Å². The highest BCUT2D eigenvalue weighted by molar-refractivity contribution is 5.92. The van der Waals surface area contributed by atoms with Gasteiger partial charge in [0.15, 0.2) is 5.82 Å². The Morgan fingerprint density at radius 2 is 2.00 bits per heavy atom. The van der Waals surface area contributed by atoms with Crippen LogP contribution in [0.3, 0.4) is 0 Å². The van der Waals surface area contributed by atoms with Gasteiger partial charge in [-0.3, -0.25) is 9.89 Å². The van der Waals surface area contributed by atoms with E-state index < -0.39 is 0 Å². The van der Waals surface area contributed by atoms with Crippen molar-refractivity contribution in [2.45, 2.75) is 13.3 Å². The van der Waals surface area contributed by atoms with E-state index in [4.69, 9.17) is 9.47 Å². The molecule has 0 aliphatic carbocycles. The predicted octanol–water partition coefficient (Wildman–Crippen LogP) is 2.99. The van der Waals surface area contributed by atoms with E-state index in [1.807, 2.05) is 55.5 Å². The van der Waals surface area contributed by atoms with Gasteiger partial charge < -0.3 is 14.8 Å². The first-order valence-corrected chi connectivity index (χ1v) is 8.64. The third-order valence-corrected chi connectivity index (χ3v) is 3.82. The summed E-state index contributed by atoms with van der Waals surface area (Å²) in [6.45, 7) is 2.83. The number of hydrogen-bond donors (Lipinski definition) is 2. The monoisotopic (exact) mass is 366 g/mol. The van der Waals surface area contributed by atoms with Crippen molar-refractivity contribution in [3.8, 4) is 17.1 Å². The maximum Gasteiger partial charge on any atom is 0.228 e. The van der Waals surface area contributed by atoms with Crippen LogP contribution in [0.1, 0.15) is 11.4 Å². The van der Waals surface area contributed by atoms with Gasteiger partial charge in [-0.15, -0.1) is 0 Å². The van der Waals surface area contributed by atoms with Crippen LogP contribution < -0.4 is 10.1 Å². The summed E-state index contributed by atoms with van der Waals surface area (Å²) in [6, 6.07) is 14.9. The Labute approximate surface area is 157 Å². The molecule has 0 spiro atoms. The fourth-order valence-corrected chi connectivity index (χ4v) is 2.59. The first kappa shape index (κ1) is 18.6. The van der Waals surface area contributed by atoms with Gasteiger partial charge in [0.2, 0.25) is 5.91 Å². The number of ether oxygens (including phenoxy) is 2. The Morgan fingerprint density at radius 1 is 1.15 bits per heavy atom. The fourth-order valence-electron chi connectivity index (χ4n) is 2.59. The number of amides is 1. The van der Waals surface area contributed by atoms with E-state index in [2.05, 4.69) is 20.5 Å². The molecule has 2 aromatic carbocycles. The summed E-state index contributed by atoms with van der Waals surface area (Å²) < 4.78 is 10.5.